The molecule has 2 aromatic heterocycles. The minimum absolute atomic E-state index is 0.0676. The average molecular weight is 706 g/mol. The number of fused-ring (bicyclic) bond motifs is 1. The Morgan fingerprint density at radius 2 is 1.90 bits per heavy atom. The van der Waals surface area contributed by atoms with Gasteiger partial charge in [0.05, 0.1) is 19.4 Å². The molecule has 1 amide bonds. The Labute approximate surface area is 296 Å². The van der Waals surface area contributed by atoms with Crippen molar-refractivity contribution in [1.29, 1.82) is 0 Å². The zero-order valence-corrected chi connectivity index (χ0v) is 29.9. The van der Waals surface area contributed by atoms with E-state index in [0.717, 1.165) is 24.0 Å². The Hall–Kier alpha value is -4.05. The van der Waals surface area contributed by atoms with Gasteiger partial charge in [-0.15, -0.1) is 6.42 Å². The number of imidazole rings is 1. The molecule has 2 N–H and O–H groups in total. The minimum Gasteiger partial charge on any atom is -0.458 e. The summed E-state index contributed by atoms with van der Waals surface area (Å²) < 4.78 is 19.3. The van der Waals surface area contributed by atoms with Crippen LogP contribution in [0, 0.1) is 37.5 Å². The third-order valence-electron chi connectivity index (χ3n) is 10.6. The van der Waals surface area contributed by atoms with Gasteiger partial charge in [-0.25, -0.2) is 4.98 Å². The molecule has 12 nitrogen and oxygen atoms in total. The normalized spacial score (nSPS) is 23.3. The van der Waals surface area contributed by atoms with Crippen molar-refractivity contribution in [2.24, 2.45) is 11.3 Å². The van der Waals surface area contributed by atoms with Gasteiger partial charge in [0.15, 0.2) is 22.6 Å². The highest BCUT2D eigenvalue weighted by atomic mass is 35.5. The van der Waals surface area contributed by atoms with Gasteiger partial charge >= 0.3 is 11.9 Å². The second kappa shape index (κ2) is 13.6. The number of aromatic nitrogens is 4. The molecule has 1 spiro atoms. The maximum atomic E-state index is 13.6. The average Bonchev–Trinajstić information content (AvgIpc) is 3.60. The van der Waals surface area contributed by atoms with E-state index >= 15 is 0 Å². The number of ether oxygens (including phenoxy) is 3. The van der Waals surface area contributed by atoms with Crippen LogP contribution < -0.4 is 10.1 Å². The number of terminal acetylenes is 1. The van der Waals surface area contributed by atoms with Crippen LogP contribution in [-0.2, 0) is 29.3 Å². The standard InChI is InChI=1S/C37H44ClN5O7/c1-7-37(19-44)26(49-28(46)18-35(5,6)29-22(3)13-21(2)14-25(29)48-23(4)45)15-27(50-37)43-20-39-30-31(41-34(38)42-32(30)43)40-33(47)24-16-36(17-24)11-9-8-10-12-36/h1,13-14,20,24,26-27,44H,8-12,15-19H2,2-6H3,(H,40,41,42,47)/t26-,27+,37+/m0/s1. The number of halogens is 1. The van der Waals surface area contributed by atoms with Crippen LogP contribution in [0.15, 0.2) is 18.5 Å². The van der Waals surface area contributed by atoms with Crippen molar-refractivity contribution in [2.75, 3.05) is 11.9 Å². The number of nitrogens with zero attached hydrogens (tertiary/aromatic N) is 4. The van der Waals surface area contributed by atoms with Crippen LogP contribution in [0.5, 0.6) is 5.75 Å². The highest BCUT2D eigenvalue weighted by molar-refractivity contribution is 6.28. The van der Waals surface area contributed by atoms with Crippen molar-refractivity contribution < 1.29 is 33.7 Å². The molecular weight excluding hydrogens is 662 g/mol. The molecule has 3 aliphatic rings. The van der Waals surface area contributed by atoms with Gasteiger partial charge in [0.25, 0.3) is 0 Å². The molecule has 6 rings (SSSR count). The highest BCUT2D eigenvalue weighted by Crippen LogP contribution is 2.55. The fourth-order valence-corrected chi connectivity index (χ4v) is 8.50. The van der Waals surface area contributed by atoms with E-state index in [-0.39, 0.29) is 41.4 Å². The fraction of sp³-hybridized carbons (Fsp3) is 0.568. The Morgan fingerprint density at radius 1 is 1.18 bits per heavy atom. The molecule has 0 radical (unpaired) electrons. The van der Waals surface area contributed by atoms with Gasteiger partial charge < -0.3 is 24.6 Å². The van der Waals surface area contributed by atoms with Crippen LogP contribution in [-0.4, -0.2) is 60.8 Å². The monoisotopic (exact) mass is 705 g/mol. The molecule has 266 valence electrons. The van der Waals surface area contributed by atoms with Crippen molar-refractivity contribution in [1.82, 2.24) is 19.5 Å². The SMILES string of the molecule is C#C[C@]1(CO)O[C@@H](n2cnc3c(NC(=O)C4CC5(CCCCC5)C4)nc(Cl)nc32)C[C@@H]1OC(=O)CC(C)(C)c1c(C)cc(C)cc1OC(C)=O. The number of nitrogens with one attached hydrogen (secondary N) is 1. The zero-order chi connectivity index (χ0) is 36.0. The van der Waals surface area contributed by atoms with Crippen molar-refractivity contribution in [3.8, 4) is 18.1 Å². The molecule has 1 saturated heterocycles. The van der Waals surface area contributed by atoms with Gasteiger partial charge in [0.2, 0.25) is 11.2 Å². The Bertz CT molecular complexity index is 1870. The first kappa shape index (κ1) is 35.8. The number of carbonyl (C=O) groups excluding carboxylic acids is 3. The summed E-state index contributed by atoms with van der Waals surface area (Å²) in [4.78, 5) is 51.8. The predicted octanol–water partition coefficient (Wildman–Crippen LogP) is 5.88. The number of esters is 2. The lowest BCUT2D eigenvalue weighted by Gasteiger charge is -2.49. The van der Waals surface area contributed by atoms with E-state index in [9.17, 15) is 19.5 Å². The number of hydrogen-bond donors (Lipinski definition) is 2. The first-order valence-electron chi connectivity index (χ1n) is 17.2. The van der Waals surface area contributed by atoms with E-state index in [1.54, 1.807) is 10.6 Å². The summed E-state index contributed by atoms with van der Waals surface area (Å²) in [5.74, 6) is 1.82. The van der Waals surface area contributed by atoms with Gasteiger partial charge in [-0.2, -0.15) is 9.97 Å². The summed E-state index contributed by atoms with van der Waals surface area (Å²) >= 11 is 6.34. The van der Waals surface area contributed by atoms with Crippen LogP contribution in [0.2, 0.25) is 5.28 Å². The molecule has 3 atom stereocenters. The van der Waals surface area contributed by atoms with E-state index in [0.29, 0.717) is 22.2 Å². The summed E-state index contributed by atoms with van der Waals surface area (Å²) in [6.45, 7) is 8.23. The molecule has 3 fully saturated rings. The number of benzene rings is 1. The quantitative estimate of drug-likeness (QED) is 0.119. The van der Waals surface area contributed by atoms with Gasteiger partial charge in [-0.3, -0.25) is 19.0 Å². The molecule has 1 aliphatic heterocycles. The van der Waals surface area contributed by atoms with E-state index in [1.807, 2.05) is 33.8 Å². The van der Waals surface area contributed by atoms with E-state index in [1.165, 1.54) is 45.4 Å². The van der Waals surface area contributed by atoms with Gasteiger partial charge in [0.1, 0.15) is 18.1 Å². The van der Waals surface area contributed by atoms with Crippen molar-refractivity contribution in [3.63, 3.8) is 0 Å². The summed E-state index contributed by atoms with van der Waals surface area (Å²) in [7, 11) is 0. The molecular formula is C37H44ClN5O7. The summed E-state index contributed by atoms with van der Waals surface area (Å²) in [6, 6.07) is 3.73. The van der Waals surface area contributed by atoms with Gasteiger partial charge in [0, 0.05) is 30.2 Å². The number of anilines is 1. The minimum atomic E-state index is -1.66. The molecule has 13 heteroatoms. The lowest BCUT2D eigenvalue weighted by Crippen LogP contribution is -2.44. The van der Waals surface area contributed by atoms with Crippen LogP contribution in [0.25, 0.3) is 11.2 Å². The largest absolute Gasteiger partial charge is 0.458 e. The van der Waals surface area contributed by atoms with Crippen molar-refractivity contribution >= 4 is 46.4 Å². The second-order valence-corrected chi connectivity index (χ2v) is 15.2. The fourth-order valence-electron chi connectivity index (χ4n) is 8.33. The van der Waals surface area contributed by atoms with Crippen LogP contribution in [0.1, 0.15) is 101 Å². The number of aryl methyl sites for hydroxylation is 2. The number of aliphatic hydroxyl groups is 1. The topological polar surface area (TPSA) is 155 Å². The van der Waals surface area contributed by atoms with Crippen LogP contribution >= 0.6 is 11.6 Å². The molecule has 0 bridgehead atoms. The molecule has 0 unspecified atom stereocenters. The summed E-state index contributed by atoms with van der Waals surface area (Å²) in [5.41, 5.74) is 0.908. The number of aliphatic hydroxyl groups excluding tert-OH is 1. The second-order valence-electron chi connectivity index (χ2n) is 14.9. The first-order valence-corrected chi connectivity index (χ1v) is 17.5. The third kappa shape index (κ3) is 6.83. The molecule has 50 heavy (non-hydrogen) atoms. The summed E-state index contributed by atoms with van der Waals surface area (Å²) in [6.07, 6.45) is 13.3. The lowest BCUT2D eigenvalue weighted by molar-refractivity contribution is -0.160. The third-order valence-corrected chi connectivity index (χ3v) is 10.8. The number of carbonyl (C=O) groups is 3. The number of amides is 1. The Kier molecular flexibility index (Phi) is 9.72. The molecule has 2 aliphatic carbocycles. The predicted molar refractivity (Wildman–Crippen MR) is 185 cm³/mol. The molecule has 1 aromatic carbocycles. The summed E-state index contributed by atoms with van der Waals surface area (Å²) in [5, 5.41) is 13.3. The van der Waals surface area contributed by atoms with Crippen LogP contribution in [0.3, 0.4) is 0 Å². The lowest BCUT2D eigenvalue weighted by atomic mass is 9.55. The van der Waals surface area contributed by atoms with Crippen LogP contribution in [0.4, 0.5) is 5.82 Å². The van der Waals surface area contributed by atoms with Gasteiger partial charge in [-0.05, 0) is 73.7 Å². The van der Waals surface area contributed by atoms with E-state index < -0.39 is 41.9 Å². The maximum Gasteiger partial charge on any atom is 0.308 e. The Balaban J connectivity index is 1.19. The molecule has 2 saturated carbocycles. The highest BCUT2D eigenvalue weighted by Gasteiger charge is 2.52. The smallest absolute Gasteiger partial charge is 0.308 e. The van der Waals surface area contributed by atoms with E-state index in [4.69, 9.17) is 32.2 Å². The van der Waals surface area contributed by atoms with Crippen molar-refractivity contribution in [2.45, 2.75) is 116 Å². The number of hydrogen-bond acceptors (Lipinski definition) is 10. The Morgan fingerprint density at radius 3 is 2.56 bits per heavy atom. The molecule has 3 heterocycles. The first-order chi connectivity index (χ1) is 23.7. The zero-order valence-electron chi connectivity index (χ0n) is 29.2. The van der Waals surface area contributed by atoms with Crippen molar-refractivity contribution in [3.05, 3.63) is 40.4 Å². The molecule has 3 aromatic rings. The van der Waals surface area contributed by atoms with Gasteiger partial charge in [-0.1, -0.05) is 45.1 Å². The number of rotatable bonds is 9. The maximum absolute atomic E-state index is 13.6. The van der Waals surface area contributed by atoms with E-state index in [2.05, 4.69) is 26.2 Å².